The minimum atomic E-state index is -0.159. The van der Waals surface area contributed by atoms with Crippen LogP contribution in [0.25, 0.3) is 0 Å². The number of nitrogens with one attached hydrogen (secondary N) is 1. The molecule has 0 heterocycles. The van der Waals surface area contributed by atoms with Gasteiger partial charge in [-0.15, -0.1) is 0 Å². The fourth-order valence-electron chi connectivity index (χ4n) is 1.51. The second-order valence-corrected chi connectivity index (χ2v) is 4.81. The molecule has 1 aromatic carbocycles. The van der Waals surface area contributed by atoms with Gasteiger partial charge in [0.05, 0.1) is 0 Å². The molecule has 16 heavy (non-hydrogen) atoms. The monoisotopic (exact) mass is 241 g/mol. The molecule has 1 N–H and O–H groups in total. The van der Waals surface area contributed by atoms with Crippen molar-refractivity contribution < 1.29 is 4.39 Å². The maximum absolute atomic E-state index is 12.6. The van der Waals surface area contributed by atoms with Crippen molar-refractivity contribution in [3.63, 3.8) is 0 Å². The van der Waals surface area contributed by atoms with Gasteiger partial charge in [-0.05, 0) is 62.1 Å². The highest BCUT2D eigenvalue weighted by atomic mass is 32.2. The summed E-state index contributed by atoms with van der Waals surface area (Å²) in [4.78, 5) is 0. The van der Waals surface area contributed by atoms with Crippen LogP contribution in [0.5, 0.6) is 0 Å². The minimum absolute atomic E-state index is 0.159. The van der Waals surface area contributed by atoms with E-state index in [1.165, 1.54) is 36.3 Å². The van der Waals surface area contributed by atoms with Crippen molar-refractivity contribution in [3.05, 3.63) is 35.6 Å². The molecule has 0 saturated carbocycles. The van der Waals surface area contributed by atoms with E-state index in [4.69, 9.17) is 0 Å². The highest BCUT2D eigenvalue weighted by Gasteiger charge is 1.94. The molecule has 1 nitrogen and oxygen atoms in total. The highest BCUT2D eigenvalue weighted by molar-refractivity contribution is 7.98. The van der Waals surface area contributed by atoms with Crippen LogP contribution in [-0.2, 0) is 6.42 Å². The second kappa shape index (κ2) is 8.59. The van der Waals surface area contributed by atoms with Gasteiger partial charge in [0.2, 0.25) is 0 Å². The van der Waals surface area contributed by atoms with Gasteiger partial charge in [-0.1, -0.05) is 12.1 Å². The van der Waals surface area contributed by atoms with Crippen LogP contribution in [0.2, 0.25) is 0 Å². The van der Waals surface area contributed by atoms with Gasteiger partial charge < -0.3 is 5.32 Å². The fourth-order valence-corrected chi connectivity index (χ4v) is 2.00. The molecule has 0 atom stereocenters. The van der Waals surface area contributed by atoms with Crippen molar-refractivity contribution in [1.29, 1.82) is 0 Å². The SMILES string of the molecule is CSCCCCNCCc1ccc(F)cc1. The van der Waals surface area contributed by atoms with E-state index in [0.717, 1.165) is 19.5 Å². The summed E-state index contributed by atoms with van der Waals surface area (Å²) in [5.74, 6) is 1.09. The van der Waals surface area contributed by atoms with E-state index >= 15 is 0 Å². The zero-order chi connectivity index (χ0) is 11.6. The third-order valence-electron chi connectivity index (χ3n) is 2.46. The number of benzene rings is 1. The van der Waals surface area contributed by atoms with Gasteiger partial charge in [0.1, 0.15) is 5.82 Å². The topological polar surface area (TPSA) is 12.0 Å². The Labute approximate surface area is 102 Å². The smallest absolute Gasteiger partial charge is 0.123 e. The number of hydrogen-bond donors (Lipinski definition) is 1. The van der Waals surface area contributed by atoms with Crippen LogP contribution in [0.4, 0.5) is 4.39 Å². The fraction of sp³-hybridized carbons (Fsp3) is 0.538. The van der Waals surface area contributed by atoms with E-state index in [-0.39, 0.29) is 5.82 Å². The largest absolute Gasteiger partial charge is 0.316 e. The predicted molar refractivity (Wildman–Crippen MR) is 70.6 cm³/mol. The number of hydrogen-bond acceptors (Lipinski definition) is 2. The van der Waals surface area contributed by atoms with Crippen LogP contribution in [0, 0.1) is 5.82 Å². The molecule has 0 aliphatic rings. The molecule has 1 rings (SSSR count). The molecular weight excluding hydrogens is 221 g/mol. The Balaban J connectivity index is 2.01. The van der Waals surface area contributed by atoms with Crippen molar-refractivity contribution in [2.24, 2.45) is 0 Å². The summed E-state index contributed by atoms with van der Waals surface area (Å²) in [6.07, 6.45) is 5.64. The molecule has 0 aromatic heterocycles. The zero-order valence-corrected chi connectivity index (χ0v) is 10.7. The predicted octanol–water partition coefficient (Wildman–Crippen LogP) is 3.10. The van der Waals surface area contributed by atoms with Crippen LogP contribution < -0.4 is 5.32 Å². The quantitative estimate of drug-likeness (QED) is 0.702. The minimum Gasteiger partial charge on any atom is -0.316 e. The van der Waals surface area contributed by atoms with Gasteiger partial charge in [-0.2, -0.15) is 11.8 Å². The molecule has 0 saturated heterocycles. The van der Waals surface area contributed by atoms with Crippen LogP contribution >= 0.6 is 11.8 Å². The maximum Gasteiger partial charge on any atom is 0.123 e. The first kappa shape index (κ1) is 13.5. The van der Waals surface area contributed by atoms with E-state index in [9.17, 15) is 4.39 Å². The Bertz CT molecular complexity index is 274. The number of rotatable bonds is 8. The van der Waals surface area contributed by atoms with E-state index in [1.807, 2.05) is 23.9 Å². The Morgan fingerprint density at radius 1 is 1.12 bits per heavy atom. The third kappa shape index (κ3) is 6.13. The molecule has 0 unspecified atom stereocenters. The Kier molecular flexibility index (Phi) is 7.26. The molecule has 1 aromatic rings. The lowest BCUT2D eigenvalue weighted by Gasteiger charge is -2.04. The highest BCUT2D eigenvalue weighted by Crippen LogP contribution is 2.03. The molecule has 0 spiro atoms. The number of unbranched alkanes of at least 4 members (excludes halogenated alkanes) is 1. The average Bonchev–Trinajstić information content (AvgIpc) is 2.30. The summed E-state index contributed by atoms with van der Waals surface area (Å²) in [7, 11) is 0. The third-order valence-corrected chi connectivity index (χ3v) is 3.15. The first-order valence-corrected chi connectivity index (χ1v) is 7.16. The van der Waals surface area contributed by atoms with Crippen LogP contribution in [0.1, 0.15) is 18.4 Å². The summed E-state index contributed by atoms with van der Waals surface area (Å²) in [6, 6.07) is 6.75. The molecule has 0 radical (unpaired) electrons. The first-order valence-electron chi connectivity index (χ1n) is 5.77. The maximum atomic E-state index is 12.6. The van der Waals surface area contributed by atoms with Crippen molar-refractivity contribution in [3.8, 4) is 0 Å². The van der Waals surface area contributed by atoms with E-state index in [1.54, 1.807) is 0 Å². The summed E-state index contributed by atoms with van der Waals surface area (Å²) in [5.41, 5.74) is 1.19. The lowest BCUT2D eigenvalue weighted by molar-refractivity contribution is 0.624. The van der Waals surface area contributed by atoms with Gasteiger partial charge in [-0.3, -0.25) is 0 Å². The Hall–Kier alpha value is -0.540. The average molecular weight is 241 g/mol. The van der Waals surface area contributed by atoms with Gasteiger partial charge in [-0.25, -0.2) is 4.39 Å². The van der Waals surface area contributed by atoms with Gasteiger partial charge in [0, 0.05) is 0 Å². The summed E-state index contributed by atoms with van der Waals surface area (Å²) in [6.45, 7) is 2.06. The van der Waals surface area contributed by atoms with E-state index in [2.05, 4.69) is 11.6 Å². The second-order valence-electron chi connectivity index (χ2n) is 3.83. The van der Waals surface area contributed by atoms with Crippen molar-refractivity contribution in [2.75, 3.05) is 25.1 Å². The molecular formula is C13H20FNS. The van der Waals surface area contributed by atoms with Crippen LogP contribution in [0.3, 0.4) is 0 Å². The zero-order valence-electron chi connectivity index (χ0n) is 9.84. The first-order chi connectivity index (χ1) is 7.83. The molecule has 0 fully saturated rings. The van der Waals surface area contributed by atoms with Gasteiger partial charge >= 0.3 is 0 Å². The van der Waals surface area contributed by atoms with Crippen molar-refractivity contribution in [2.45, 2.75) is 19.3 Å². The molecule has 3 heteroatoms. The molecule has 0 aliphatic heterocycles. The van der Waals surface area contributed by atoms with E-state index < -0.39 is 0 Å². The number of thioether (sulfide) groups is 1. The number of halogens is 1. The molecule has 0 amide bonds. The van der Waals surface area contributed by atoms with Gasteiger partial charge in [0.25, 0.3) is 0 Å². The Morgan fingerprint density at radius 3 is 2.56 bits per heavy atom. The lowest BCUT2D eigenvalue weighted by atomic mass is 10.1. The summed E-state index contributed by atoms with van der Waals surface area (Å²) >= 11 is 1.90. The van der Waals surface area contributed by atoms with Crippen LogP contribution in [-0.4, -0.2) is 25.1 Å². The summed E-state index contributed by atoms with van der Waals surface area (Å²) in [5, 5.41) is 3.40. The standard InChI is InChI=1S/C13H20FNS/c1-16-11-3-2-9-15-10-8-12-4-6-13(14)7-5-12/h4-7,15H,2-3,8-11H2,1H3. The summed E-state index contributed by atoms with van der Waals surface area (Å²) < 4.78 is 12.6. The molecule has 0 aliphatic carbocycles. The van der Waals surface area contributed by atoms with Crippen LogP contribution in [0.15, 0.2) is 24.3 Å². The Morgan fingerprint density at radius 2 is 1.88 bits per heavy atom. The molecule has 90 valence electrons. The van der Waals surface area contributed by atoms with Crippen molar-refractivity contribution in [1.82, 2.24) is 5.32 Å². The van der Waals surface area contributed by atoms with Gasteiger partial charge in [0.15, 0.2) is 0 Å². The lowest BCUT2D eigenvalue weighted by Crippen LogP contribution is -2.18. The van der Waals surface area contributed by atoms with E-state index in [0.29, 0.717) is 0 Å². The normalized spacial score (nSPS) is 10.6. The van der Waals surface area contributed by atoms with Crippen molar-refractivity contribution >= 4 is 11.8 Å². The molecule has 0 bridgehead atoms.